The first-order chi connectivity index (χ1) is 9.70. The lowest BCUT2D eigenvalue weighted by Gasteiger charge is -2.32. The Hall–Kier alpha value is -1.88. The Labute approximate surface area is 119 Å². The van der Waals surface area contributed by atoms with Gasteiger partial charge in [0.05, 0.1) is 12.5 Å². The summed E-state index contributed by atoms with van der Waals surface area (Å²) in [4.78, 5) is 26.0. The van der Waals surface area contributed by atoms with Crippen molar-refractivity contribution in [3.05, 3.63) is 30.3 Å². The Morgan fingerprint density at radius 2 is 2.15 bits per heavy atom. The summed E-state index contributed by atoms with van der Waals surface area (Å²) in [6.07, 6.45) is 1.11. The Morgan fingerprint density at radius 3 is 2.85 bits per heavy atom. The number of carbonyl (C=O) groups is 2. The van der Waals surface area contributed by atoms with E-state index in [1.54, 1.807) is 0 Å². The van der Waals surface area contributed by atoms with Crippen LogP contribution in [0.1, 0.15) is 19.8 Å². The third-order valence-corrected chi connectivity index (χ3v) is 3.32. The fourth-order valence-corrected chi connectivity index (χ4v) is 2.36. The van der Waals surface area contributed by atoms with Gasteiger partial charge in [0.25, 0.3) is 0 Å². The van der Waals surface area contributed by atoms with Crippen LogP contribution in [0.5, 0.6) is 0 Å². The highest BCUT2D eigenvalue weighted by Gasteiger charge is 2.29. The van der Waals surface area contributed by atoms with Crippen molar-refractivity contribution in [2.75, 3.05) is 25.0 Å². The van der Waals surface area contributed by atoms with E-state index in [4.69, 9.17) is 0 Å². The maximum absolute atomic E-state index is 12.2. The van der Waals surface area contributed by atoms with Crippen LogP contribution in [-0.2, 0) is 9.59 Å². The second-order valence-corrected chi connectivity index (χ2v) is 4.95. The molecule has 1 fully saturated rings. The van der Waals surface area contributed by atoms with Crippen molar-refractivity contribution in [2.45, 2.75) is 25.8 Å². The van der Waals surface area contributed by atoms with Gasteiger partial charge in [0, 0.05) is 25.3 Å². The van der Waals surface area contributed by atoms with E-state index in [1.807, 2.05) is 42.2 Å². The molecule has 0 aliphatic carbocycles. The smallest absolute Gasteiger partial charge is 0.240 e. The van der Waals surface area contributed by atoms with Gasteiger partial charge < -0.3 is 15.5 Å². The van der Waals surface area contributed by atoms with Gasteiger partial charge in [-0.1, -0.05) is 25.1 Å². The number of nitrogens with one attached hydrogen (secondary N) is 2. The number of para-hydroxylation sites is 1. The highest BCUT2D eigenvalue weighted by molar-refractivity contribution is 5.95. The zero-order valence-corrected chi connectivity index (χ0v) is 11.8. The lowest BCUT2D eigenvalue weighted by atomic mass is 10.1. The molecule has 1 aromatic carbocycles. The minimum Gasteiger partial charge on any atom is -0.340 e. The highest BCUT2D eigenvalue weighted by Crippen LogP contribution is 2.09. The van der Waals surface area contributed by atoms with Crippen LogP contribution >= 0.6 is 0 Å². The Morgan fingerprint density at radius 1 is 1.40 bits per heavy atom. The molecule has 0 saturated carbocycles. The van der Waals surface area contributed by atoms with E-state index in [-0.39, 0.29) is 18.2 Å². The van der Waals surface area contributed by atoms with E-state index >= 15 is 0 Å². The van der Waals surface area contributed by atoms with Gasteiger partial charge >= 0.3 is 0 Å². The highest BCUT2D eigenvalue weighted by atomic mass is 16.2. The summed E-state index contributed by atoms with van der Waals surface area (Å²) in [6, 6.07) is 8.88. The van der Waals surface area contributed by atoms with Crippen LogP contribution in [0, 0.1) is 0 Å². The van der Waals surface area contributed by atoms with Gasteiger partial charge in [0.15, 0.2) is 0 Å². The number of hydrogen-bond donors (Lipinski definition) is 2. The van der Waals surface area contributed by atoms with Gasteiger partial charge in [-0.2, -0.15) is 0 Å². The zero-order chi connectivity index (χ0) is 14.4. The van der Waals surface area contributed by atoms with Crippen LogP contribution in [0.4, 0.5) is 5.69 Å². The molecule has 1 aliphatic heterocycles. The van der Waals surface area contributed by atoms with Crippen molar-refractivity contribution in [3.8, 4) is 0 Å². The lowest BCUT2D eigenvalue weighted by molar-refractivity contribution is -0.137. The molecule has 20 heavy (non-hydrogen) atoms. The molecule has 0 radical (unpaired) electrons. The fraction of sp³-hybridized carbons (Fsp3) is 0.467. The van der Waals surface area contributed by atoms with E-state index in [0.29, 0.717) is 0 Å². The minimum absolute atomic E-state index is 0.0290. The van der Waals surface area contributed by atoms with E-state index in [1.165, 1.54) is 0 Å². The average Bonchev–Trinajstić information content (AvgIpc) is 2.44. The second-order valence-electron chi connectivity index (χ2n) is 4.95. The zero-order valence-electron chi connectivity index (χ0n) is 11.8. The number of rotatable bonds is 5. The number of hydrogen-bond acceptors (Lipinski definition) is 3. The summed E-state index contributed by atoms with van der Waals surface area (Å²) >= 11 is 0. The third kappa shape index (κ3) is 3.81. The normalized spacial score (nSPS) is 18.9. The molecule has 2 amide bonds. The van der Waals surface area contributed by atoms with Crippen molar-refractivity contribution >= 4 is 17.5 Å². The number of carbonyl (C=O) groups excluding carboxylic acids is 2. The molecule has 0 aromatic heterocycles. The maximum Gasteiger partial charge on any atom is 0.240 e. The first-order valence-corrected chi connectivity index (χ1v) is 7.07. The van der Waals surface area contributed by atoms with Crippen LogP contribution < -0.4 is 10.6 Å². The molecule has 0 bridgehead atoms. The van der Waals surface area contributed by atoms with Crippen LogP contribution in [0.3, 0.4) is 0 Å². The van der Waals surface area contributed by atoms with Crippen molar-refractivity contribution in [1.29, 1.82) is 0 Å². The number of anilines is 1. The molecule has 5 heteroatoms. The van der Waals surface area contributed by atoms with E-state index < -0.39 is 6.04 Å². The van der Waals surface area contributed by atoms with Gasteiger partial charge in [-0.25, -0.2) is 0 Å². The Kier molecular flexibility index (Phi) is 5.12. The Bertz CT molecular complexity index is 459. The molecule has 5 nitrogen and oxygen atoms in total. The fourth-order valence-electron chi connectivity index (χ4n) is 2.36. The first kappa shape index (κ1) is 14.5. The second kappa shape index (κ2) is 7.05. The van der Waals surface area contributed by atoms with Crippen LogP contribution in [0.25, 0.3) is 0 Å². The summed E-state index contributed by atoms with van der Waals surface area (Å²) in [5.74, 6) is -0.110. The van der Waals surface area contributed by atoms with Crippen LogP contribution in [-0.4, -0.2) is 42.4 Å². The van der Waals surface area contributed by atoms with Gasteiger partial charge in [0.1, 0.15) is 0 Å². The molecule has 1 aliphatic rings. The SMILES string of the molecule is CCCN1CCNC(CC(=O)Nc2ccccc2)C1=O. The quantitative estimate of drug-likeness (QED) is 0.849. The number of benzene rings is 1. The number of piperazine rings is 1. The predicted octanol–water partition coefficient (Wildman–Crippen LogP) is 1.23. The van der Waals surface area contributed by atoms with Crippen molar-refractivity contribution in [1.82, 2.24) is 10.2 Å². The van der Waals surface area contributed by atoms with E-state index in [2.05, 4.69) is 10.6 Å². The molecule has 0 spiro atoms. The molecule has 1 atom stereocenters. The first-order valence-electron chi connectivity index (χ1n) is 7.07. The van der Waals surface area contributed by atoms with Crippen LogP contribution in [0.2, 0.25) is 0 Å². The van der Waals surface area contributed by atoms with Gasteiger partial charge in [-0.15, -0.1) is 0 Å². The predicted molar refractivity (Wildman–Crippen MR) is 78.4 cm³/mol. The average molecular weight is 275 g/mol. The van der Waals surface area contributed by atoms with Gasteiger partial charge in [0.2, 0.25) is 11.8 Å². The molecule has 1 saturated heterocycles. The molecule has 1 aromatic rings. The van der Waals surface area contributed by atoms with E-state index in [9.17, 15) is 9.59 Å². The summed E-state index contributed by atoms with van der Waals surface area (Å²) in [5.41, 5.74) is 0.756. The largest absolute Gasteiger partial charge is 0.340 e. The lowest BCUT2D eigenvalue weighted by Crippen LogP contribution is -2.56. The standard InChI is InChI=1S/C15H21N3O2/c1-2-9-18-10-8-16-13(15(18)20)11-14(19)17-12-6-4-3-5-7-12/h3-7,13,16H,2,8-11H2,1H3,(H,17,19). The molecule has 108 valence electrons. The molecule has 2 rings (SSSR count). The number of amides is 2. The van der Waals surface area contributed by atoms with Crippen molar-refractivity contribution < 1.29 is 9.59 Å². The monoisotopic (exact) mass is 275 g/mol. The minimum atomic E-state index is -0.404. The third-order valence-electron chi connectivity index (χ3n) is 3.32. The van der Waals surface area contributed by atoms with Crippen LogP contribution in [0.15, 0.2) is 30.3 Å². The summed E-state index contributed by atoms with van der Waals surface area (Å²) in [5, 5.41) is 5.93. The summed E-state index contributed by atoms with van der Waals surface area (Å²) in [7, 11) is 0. The molecule has 2 N–H and O–H groups in total. The van der Waals surface area contributed by atoms with Gasteiger partial charge in [-0.3, -0.25) is 9.59 Å². The van der Waals surface area contributed by atoms with Gasteiger partial charge in [-0.05, 0) is 18.6 Å². The van der Waals surface area contributed by atoms with Crippen molar-refractivity contribution in [2.24, 2.45) is 0 Å². The summed E-state index contributed by atoms with van der Waals surface area (Å²) < 4.78 is 0. The van der Waals surface area contributed by atoms with Crippen molar-refractivity contribution in [3.63, 3.8) is 0 Å². The summed E-state index contributed by atoms with van der Waals surface area (Å²) in [6.45, 7) is 4.28. The maximum atomic E-state index is 12.2. The molecular weight excluding hydrogens is 254 g/mol. The Balaban J connectivity index is 1.88. The van der Waals surface area contributed by atoms with E-state index in [0.717, 1.165) is 31.7 Å². The topological polar surface area (TPSA) is 61.4 Å². The molecule has 1 unspecified atom stereocenters. The molecular formula is C15H21N3O2. The number of nitrogens with zero attached hydrogens (tertiary/aromatic N) is 1. The molecule has 1 heterocycles.